The average Bonchev–Trinajstić information content (AvgIpc) is 2.18. The van der Waals surface area contributed by atoms with Crippen LogP contribution < -0.4 is 10.1 Å². The molecule has 1 aromatic carbocycles. The van der Waals surface area contributed by atoms with Crippen LogP contribution in [0.15, 0.2) is 24.3 Å². The summed E-state index contributed by atoms with van der Waals surface area (Å²) in [6, 6.07) is 7.95. The first-order chi connectivity index (χ1) is 7.22. The van der Waals surface area contributed by atoms with E-state index in [2.05, 4.69) is 5.32 Å². The minimum atomic E-state index is 0.208. The Hall–Kier alpha value is -1.22. The highest BCUT2D eigenvalue weighted by Crippen LogP contribution is 2.18. The Bertz CT molecular complexity index is 287. The summed E-state index contributed by atoms with van der Waals surface area (Å²) in [6.45, 7) is 5.55. The summed E-state index contributed by atoms with van der Waals surface area (Å²) in [7, 11) is 1.69. The summed E-state index contributed by atoms with van der Waals surface area (Å²) in [5.41, 5.74) is 1.06. The first kappa shape index (κ1) is 11.9. The average molecular weight is 209 g/mol. The lowest BCUT2D eigenvalue weighted by Gasteiger charge is -2.11. The maximum atomic E-state index is 5.59. The molecule has 0 atom stereocenters. The molecule has 84 valence electrons. The van der Waals surface area contributed by atoms with Gasteiger partial charge in [-0.3, -0.25) is 0 Å². The first-order valence-electron chi connectivity index (χ1n) is 5.22. The van der Waals surface area contributed by atoms with Gasteiger partial charge in [-0.1, -0.05) is 6.07 Å². The lowest BCUT2D eigenvalue weighted by atomic mass is 10.3. The summed E-state index contributed by atoms with van der Waals surface area (Å²) in [5.74, 6) is 0.896. The fourth-order valence-electron chi connectivity index (χ4n) is 1.25. The third kappa shape index (κ3) is 4.70. The van der Waals surface area contributed by atoms with E-state index in [0.29, 0.717) is 6.61 Å². The van der Waals surface area contributed by atoms with Crippen LogP contribution >= 0.6 is 0 Å². The van der Waals surface area contributed by atoms with Crippen molar-refractivity contribution in [3.8, 4) is 5.75 Å². The number of hydrogen-bond acceptors (Lipinski definition) is 3. The van der Waals surface area contributed by atoms with Gasteiger partial charge in [0, 0.05) is 25.4 Å². The molecule has 0 aliphatic carbocycles. The van der Waals surface area contributed by atoms with E-state index in [4.69, 9.17) is 9.47 Å². The zero-order chi connectivity index (χ0) is 11.1. The van der Waals surface area contributed by atoms with Crippen LogP contribution in [0.4, 0.5) is 5.69 Å². The largest absolute Gasteiger partial charge is 0.491 e. The number of rotatable bonds is 6. The summed E-state index contributed by atoms with van der Waals surface area (Å²) in [5, 5.41) is 3.25. The van der Waals surface area contributed by atoms with Crippen molar-refractivity contribution in [1.29, 1.82) is 0 Å². The van der Waals surface area contributed by atoms with Crippen molar-refractivity contribution in [1.82, 2.24) is 0 Å². The van der Waals surface area contributed by atoms with Crippen LogP contribution in [0.25, 0.3) is 0 Å². The SMILES string of the molecule is COCCNc1cccc(OC(C)C)c1. The fraction of sp³-hybridized carbons (Fsp3) is 0.500. The minimum absolute atomic E-state index is 0.208. The van der Waals surface area contributed by atoms with Crippen LogP contribution in [0.2, 0.25) is 0 Å². The molecule has 1 aromatic rings. The Morgan fingerprint density at radius 3 is 2.80 bits per heavy atom. The molecule has 0 aliphatic heterocycles. The van der Waals surface area contributed by atoms with E-state index < -0.39 is 0 Å². The molecule has 0 bridgehead atoms. The van der Waals surface area contributed by atoms with Crippen LogP contribution in [0.5, 0.6) is 5.75 Å². The minimum Gasteiger partial charge on any atom is -0.491 e. The van der Waals surface area contributed by atoms with Gasteiger partial charge in [0.1, 0.15) is 5.75 Å². The number of ether oxygens (including phenoxy) is 2. The van der Waals surface area contributed by atoms with E-state index >= 15 is 0 Å². The van der Waals surface area contributed by atoms with Crippen LogP contribution in [0.1, 0.15) is 13.8 Å². The molecule has 1 N–H and O–H groups in total. The maximum absolute atomic E-state index is 5.59. The number of hydrogen-bond donors (Lipinski definition) is 1. The molecule has 1 rings (SSSR count). The van der Waals surface area contributed by atoms with E-state index in [9.17, 15) is 0 Å². The molecule has 0 spiro atoms. The Kier molecular flexibility index (Phi) is 4.98. The lowest BCUT2D eigenvalue weighted by Crippen LogP contribution is -2.08. The van der Waals surface area contributed by atoms with Crippen molar-refractivity contribution in [2.24, 2.45) is 0 Å². The van der Waals surface area contributed by atoms with Crippen molar-refractivity contribution < 1.29 is 9.47 Å². The van der Waals surface area contributed by atoms with E-state index in [-0.39, 0.29) is 6.10 Å². The molecule has 0 unspecified atom stereocenters. The van der Waals surface area contributed by atoms with Gasteiger partial charge >= 0.3 is 0 Å². The summed E-state index contributed by atoms with van der Waals surface area (Å²) >= 11 is 0. The molecule has 0 aromatic heterocycles. The van der Waals surface area contributed by atoms with Crippen molar-refractivity contribution in [2.75, 3.05) is 25.6 Å². The normalized spacial score (nSPS) is 10.4. The number of methoxy groups -OCH3 is 1. The highest BCUT2D eigenvalue weighted by Gasteiger charge is 1.98. The van der Waals surface area contributed by atoms with Gasteiger partial charge in [0.2, 0.25) is 0 Å². The molecule has 3 heteroatoms. The topological polar surface area (TPSA) is 30.5 Å². The van der Waals surface area contributed by atoms with Crippen molar-refractivity contribution in [3.63, 3.8) is 0 Å². The summed E-state index contributed by atoms with van der Waals surface area (Å²) < 4.78 is 10.6. The van der Waals surface area contributed by atoms with Crippen molar-refractivity contribution in [3.05, 3.63) is 24.3 Å². The summed E-state index contributed by atoms with van der Waals surface area (Å²) in [6.07, 6.45) is 0.208. The summed E-state index contributed by atoms with van der Waals surface area (Å²) in [4.78, 5) is 0. The van der Waals surface area contributed by atoms with Gasteiger partial charge in [-0.2, -0.15) is 0 Å². The van der Waals surface area contributed by atoms with Gasteiger partial charge in [-0.05, 0) is 26.0 Å². The van der Waals surface area contributed by atoms with Crippen LogP contribution in [0.3, 0.4) is 0 Å². The Balaban J connectivity index is 2.50. The molecule has 0 amide bonds. The molecule has 15 heavy (non-hydrogen) atoms. The molecule has 0 aliphatic rings. The van der Waals surface area contributed by atoms with Crippen LogP contribution in [-0.4, -0.2) is 26.4 Å². The predicted octanol–water partition coefficient (Wildman–Crippen LogP) is 2.53. The van der Waals surface area contributed by atoms with Crippen molar-refractivity contribution >= 4 is 5.69 Å². The van der Waals surface area contributed by atoms with Crippen LogP contribution in [-0.2, 0) is 4.74 Å². The Labute approximate surface area is 91.4 Å². The number of anilines is 1. The second-order valence-electron chi connectivity index (χ2n) is 3.61. The highest BCUT2D eigenvalue weighted by molar-refractivity contribution is 5.48. The molecular formula is C12H19NO2. The predicted molar refractivity (Wildman–Crippen MR) is 62.6 cm³/mol. The van der Waals surface area contributed by atoms with Gasteiger partial charge in [-0.25, -0.2) is 0 Å². The van der Waals surface area contributed by atoms with Gasteiger partial charge < -0.3 is 14.8 Å². The van der Waals surface area contributed by atoms with E-state index in [1.165, 1.54) is 0 Å². The lowest BCUT2D eigenvalue weighted by molar-refractivity contribution is 0.210. The Morgan fingerprint density at radius 2 is 2.13 bits per heavy atom. The van der Waals surface area contributed by atoms with Gasteiger partial charge in [0.15, 0.2) is 0 Å². The van der Waals surface area contributed by atoms with Gasteiger partial charge in [0.25, 0.3) is 0 Å². The third-order valence-electron chi connectivity index (χ3n) is 1.84. The molecular weight excluding hydrogens is 190 g/mol. The van der Waals surface area contributed by atoms with Gasteiger partial charge in [-0.15, -0.1) is 0 Å². The molecule has 0 fully saturated rings. The van der Waals surface area contributed by atoms with Gasteiger partial charge in [0.05, 0.1) is 12.7 Å². The second kappa shape index (κ2) is 6.30. The van der Waals surface area contributed by atoms with Crippen molar-refractivity contribution in [2.45, 2.75) is 20.0 Å². The zero-order valence-corrected chi connectivity index (χ0v) is 9.62. The number of benzene rings is 1. The molecule has 0 saturated carbocycles. The molecule has 0 saturated heterocycles. The third-order valence-corrected chi connectivity index (χ3v) is 1.84. The van der Waals surface area contributed by atoms with Crippen LogP contribution in [0, 0.1) is 0 Å². The van der Waals surface area contributed by atoms with E-state index in [1.807, 2.05) is 38.1 Å². The highest BCUT2D eigenvalue weighted by atomic mass is 16.5. The fourth-order valence-corrected chi connectivity index (χ4v) is 1.25. The number of nitrogens with one attached hydrogen (secondary N) is 1. The zero-order valence-electron chi connectivity index (χ0n) is 9.62. The molecule has 0 heterocycles. The quantitative estimate of drug-likeness (QED) is 0.730. The maximum Gasteiger partial charge on any atom is 0.121 e. The van der Waals surface area contributed by atoms with E-state index in [0.717, 1.165) is 18.0 Å². The van der Waals surface area contributed by atoms with E-state index in [1.54, 1.807) is 7.11 Å². The monoisotopic (exact) mass is 209 g/mol. The first-order valence-corrected chi connectivity index (χ1v) is 5.22. The molecule has 3 nitrogen and oxygen atoms in total. The smallest absolute Gasteiger partial charge is 0.121 e. The standard InChI is InChI=1S/C12H19NO2/c1-10(2)15-12-6-4-5-11(9-12)13-7-8-14-3/h4-6,9-10,13H,7-8H2,1-3H3. The second-order valence-corrected chi connectivity index (χ2v) is 3.61. The Morgan fingerprint density at radius 1 is 1.33 bits per heavy atom. The molecule has 0 radical (unpaired) electrons.